The molecule has 0 saturated carbocycles. The van der Waals surface area contributed by atoms with Crippen molar-refractivity contribution in [3.8, 4) is 12.3 Å². The smallest absolute Gasteiger partial charge is 0.178 e. The van der Waals surface area contributed by atoms with Crippen molar-refractivity contribution in [1.29, 1.82) is 0 Å². The number of rotatable bonds is 0. The monoisotopic (exact) mass is 238 g/mol. The van der Waals surface area contributed by atoms with Crippen molar-refractivity contribution in [3.63, 3.8) is 0 Å². The molecule has 82 valence electrons. The Morgan fingerprint density at radius 1 is 0.941 bits per heavy atom. The molecular weight excluding hydrogens is 228 g/mol. The summed E-state index contributed by atoms with van der Waals surface area (Å²) >= 11 is 1.64. The fourth-order valence-corrected chi connectivity index (χ4v) is 3.31. The molecule has 0 spiro atoms. The lowest BCUT2D eigenvalue weighted by Gasteiger charge is -2.31. The number of hydrogen-bond acceptors (Lipinski definition) is 2. The highest BCUT2D eigenvalue weighted by Gasteiger charge is 2.37. The van der Waals surface area contributed by atoms with Gasteiger partial charge in [0.05, 0.1) is 0 Å². The van der Waals surface area contributed by atoms with E-state index in [1.807, 2.05) is 48.5 Å². The van der Waals surface area contributed by atoms with Crippen LogP contribution in [0.3, 0.4) is 0 Å². The van der Waals surface area contributed by atoms with E-state index >= 15 is 0 Å². The minimum absolute atomic E-state index is 0.797. The van der Waals surface area contributed by atoms with E-state index in [1.165, 1.54) is 0 Å². The molecule has 1 nitrogen and oxygen atoms in total. The van der Waals surface area contributed by atoms with Gasteiger partial charge in [-0.05, 0) is 12.1 Å². The molecule has 0 aliphatic carbocycles. The molecule has 0 bridgehead atoms. The van der Waals surface area contributed by atoms with Crippen LogP contribution in [-0.2, 0) is 5.60 Å². The number of benzene rings is 2. The maximum absolute atomic E-state index is 10.7. The van der Waals surface area contributed by atoms with Gasteiger partial charge in [0, 0.05) is 20.9 Å². The summed E-state index contributed by atoms with van der Waals surface area (Å²) in [5.74, 6) is 2.53. The van der Waals surface area contributed by atoms with Crippen LogP contribution in [0.1, 0.15) is 11.1 Å². The third-order valence-electron chi connectivity index (χ3n) is 2.98. The zero-order valence-electron chi connectivity index (χ0n) is 9.05. The molecule has 0 amide bonds. The zero-order chi connectivity index (χ0) is 11.9. The van der Waals surface area contributed by atoms with Crippen LogP contribution in [0.25, 0.3) is 0 Å². The van der Waals surface area contributed by atoms with E-state index in [0.29, 0.717) is 0 Å². The topological polar surface area (TPSA) is 20.2 Å². The third kappa shape index (κ3) is 1.40. The number of fused-ring (bicyclic) bond motifs is 2. The quantitative estimate of drug-likeness (QED) is 0.712. The van der Waals surface area contributed by atoms with Crippen LogP contribution in [-0.4, -0.2) is 5.11 Å². The van der Waals surface area contributed by atoms with E-state index in [9.17, 15) is 5.11 Å². The highest BCUT2D eigenvalue weighted by atomic mass is 32.2. The first-order valence-electron chi connectivity index (χ1n) is 5.33. The van der Waals surface area contributed by atoms with E-state index < -0.39 is 5.60 Å². The van der Waals surface area contributed by atoms with Gasteiger partial charge in [-0.2, -0.15) is 0 Å². The van der Waals surface area contributed by atoms with Crippen molar-refractivity contribution >= 4 is 11.8 Å². The summed E-state index contributed by atoms with van der Waals surface area (Å²) in [6.07, 6.45) is 5.56. The Labute approximate surface area is 104 Å². The Morgan fingerprint density at radius 3 is 1.88 bits per heavy atom. The fraction of sp³-hybridized carbons (Fsp3) is 0.0667. The standard InChI is InChI=1S/C15H10OS/c1-2-15(16)11-7-3-5-9-13(11)17-14-10-6-4-8-12(14)15/h1,3-10,16H. The molecule has 17 heavy (non-hydrogen) atoms. The van der Waals surface area contributed by atoms with Gasteiger partial charge in [-0.3, -0.25) is 0 Å². The van der Waals surface area contributed by atoms with Crippen LogP contribution < -0.4 is 0 Å². The summed E-state index contributed by atoms with van der Waals surface area (Å²) in [6, 6.07) is 15.4. The number of aliphatic hydroxyl groups is 1. The highest BCUT2D eigenvalue weighted by molar-refractivity contribution is 7.99. The Balaban J connectivity index is 2.33. The third-order valence-corrected chi connectivity index (χ3v) is 4.13. The Bertz CT molecular complexity index is 579. The lowest BCUT2D eigenvalue weighted by Crippen LogP contribution is -2.28. The molecule has 0 unspecified atom stereocenters. The summed E-state index contributed by atoms with van der Waals surface area (Å²) in [5.41, 5.74) is 0.288. The predicted molar refractivity (Wildman–Crippen MR) is 68.8 cm³/mol. The van der Waals surface area contributed by atoms with Crippen LogP contribution in [0.4, 0.5) is 0 Å². The van der Waals surface area contributed by atoms with Gasteiger partial charge in [-0.1, -0.05) is 54.1 Å². The average molecular weight is 238 g/mol. The molecule has 0 fully saturated rings. The van der Waals surface area contributed by atoms with Gasteiger partial charge in [-0.15, -0.1) is 6.42 Å². The van der Waals surface area contributed by atoms with Crippen molar-refractivity contribution in [2.75, 3.05) is 0 Å². The van der Waals surface area contributed by atoms with E-state index in [1.54, 1.807) is 11.8 Å². The molecule has 3 rings (SSSR count). The molecule has 1 aliphatic rings. The number of hydrogen-bond donors (Lipinski definition) is 1. The van der Waals surface area contributed by atoms with Crippen LogP contribution >= 0.6 is 11.8 Å². The normalized spacial score (nSPS) is 15.5. The SMILES string of the molecule is C#CC1(O)c2ccccc2Sc2ccccc21. The van der Waals surface area contributed by atoms with Crippen molar-refractivity contribution in [2.45, 2.75) is 15.4 Å². The fourth-order valence-electron chi connectivity index (χ4n) is 2.13. The summed E-state index contributed by atoms with van der Waals surface area (Å²) < 4.78 is 0. The van der Waals surface area contributed by atoms with Gasteiger partial charge >= 0.3 is 0 Å². The zero-order valence-corrected chi connectivity index (χ0v) is 9.87. The molecule has 1 heterocycles. The van der Waals surface area contributed by atoms with E-state index in [4.69, 9.17) is 6.42 Å². The average Bonchev–Trinajstić information content (AvgIpc) is 2.39. The largest absolute Gasteiger partial charge is 0.369 e. The second-order valence-electron chi connectivity index (χ2n) is 3.95. The lowest BCUT2D eigenvalue weighted by atomic mass is 9.86. The molecule has 0 atom stereocenters. The highest BCUT2D eigenvalue weighted by Crippen LogP contribution is 2.47. The van der Waals surface area contributed by atoms with E-state index in [-0.39, 0.29) is 0 Å². The molecule has 0 aromatic heterocycles. The van der Waals surface area contributed by atoms with E-state index in [0.717, 1.165) is 20.9 Å². The Morgan fingerprint density at radius 2 is 1.41 bits per heavy atom. The second-order valence-corrected chi connectivity index (χ2v) is 5.03. The van der Waals surface area contributed by atoms with Crippen molar-refractivity contribution in [3.05, 3.63) is 59.7 Å². The summed E-state index contributed by atoms with van der Waals surface area (Å²) in [5, 5.41) is 10.7. The first-order valence-corrected chi connectivity index (χ1v) is 6.14. The van der Waals surface area contributed by atoms with Gasteiger partial charge in [0.2, 0.25) is 0 Å². The maximum atomic E-state index is 10.7. The van der Waals surface area contributed by atoms with Gasteiger partial charge in [0.1, 0.15) is 0 Å². The summed E-state index contributed by atoms with van der Waals surface area (Å²) in [6.45, 7) is 0. The second kappa shape index (κ2) is 3.66. The molecule has 0 saturated heterocycles. The Kier molecular flexibility index (Phi) is 2.25. The van der Waals surface area contributed by atoms with Gasteiger partial charge in [0.25, 0.3) is 0 Å². The summed E-state index contributed by atoms with van der Waals surface area (Å²) in [4.78, 5) is 2.04. The molecule has 2 aromatic rings. The molecular formula is C15H10OS. The number of terminal acetylenes is 1. The van der Waals surface area contributed by atoms with Gasteiger partial charge < -0.3 is 5.11 Å². The minimum Gasteiger partial charge on any atom is -0.369 e. The maximum Gasteiger partial charge on any atom is 0.178 e. The molecule has 2 aromatic carbocycles. The van der Waals surface area contributed by atoms with Crippen molar-refractivity contribution < 1.29 is 5.11 Å². The van der Waals surface area contributed by atoms with Crippen LogP contribution in [0.2, 0.25) is 0 Å². The van der Waals surface area contributed by atoms with E-state index in [2.05, 4.69) is 5.92 Å². The lowest BCUT2D eigenvalue weighted by molar-refractivity contribution is 0.138. The molecule has 0 radical (unpaired) electrons. The Hall–Kier alpha value is -1.69. The van der Waals surface area contributed by atoms with Crippen LogP contribution in [0, 0.1) is 12.3 Å². The van der Waals surface area contributed by atoms with Crippen LogP contribution in [0.15, 0.2) is 58.3 Å². The van der Waals surface area contributed by atoms with Gasteiger partial charge in [0.15, 0.2) is 5.60 Å². The summed E-state index contributed by atoms with van der Waals surface area (Å²) in [7, 11) is 0. The molecule has 2 heteroatoms. The minimum atomic E-state index is -1.31. The predicted octanol–water partition coefficient (Wildman–Crippen LogP) is 3.02. The van der Waals surface area contributed by atoms with Crippen molar-refractivity contribution in [2.24, 2.45) is 0 Å². The first-order chi connectivity index (χ1) is 8.25. The van der Waals surface area contributed by atoms with Crippen molar-refractivity contribution in [1.82, 2.24) is 0 Å². The van der Waals surface area contributed by atoms with Gasteiger partial charge in [-0.25, -0.2) is 0 Å². The first kappa shape index (κ1) is 10.5. The van der Waals surface area contributed by atoms with Crippen LogP contribution in [0.5, 0.6) is 0 Å². The molecule has 1 N–H and O–H groups in total. The molecule has 1 aliphatic heterocycles.